The number of carbonyl (C=O) groups excluding carboxylic acids is 6. The number of methoxy groups -OCH3 is 2. The van der Waals surface area contributed by atoms with E-state index in [0.717, 1.165) is 40.7 Å². The lowest BCUT2D eigenvalue weighted by Crippen LogP contribution is -2.37. The first kappa shape index (κ1) is 47.4. The predicted molar refractivity (Wildman–Crippen MR) is 225 cm³/mol. The molecule has 1 saturated carbocycles. The minimum Gasteiger partial charge on any atom is -0.493 e. The third kappa shape index (κ3) is 11.6. The summed E-state index contributed by atoms with van der Waals surface area (Å²) < 4.78 is 55.2. The van der Waals surface area contributed by atoms with Gasteiger partial charge >= 0.3 is 11.9 Å². The fourth-order valence-corrected chi connectivity index (χ4v) is 8.82. The average Bonchev–Trinajstić information content (AvgIpc) is 3.53. The van der Waals surface area contributed by atoms with Crippen molar-refractivity contribution in [1.82, 2.24) is 5.06 Å². The minimum atomic E-state index is -4.89. The number of rotatable bonds is 20. The van der Waals surface area contributed by atoms with Crippen molar-refractivity contribution in [1.29, 1.82) is 0 Å². The molecule has 0 bridgehead atoms. The van der Waals surface area contributed by atoms with Crippen molar-refractivity contribution in [2.75, 3.05) is 20.8 Å². The van der Waals surface area contributed by atoms with Gasteiger partial charge in [-0.25, -0.2) is 4.79 Å². The number of imide groups is 1. The Morgan fingerprint density at radius 2 is 1.58 bits per heavy atom. The Morgan fingerprint density at radius 3 is 2.23 bits per heavy atom. The summed E-state index contributed by atoms with van der Waals surface area (Å²) in [4.78, 5) is 82.7. The first-order valence-corrected chi connectivity index (χ1v) is 22.3. The number of Topliss-reactive ketones (excluding diaryl/α,β-unsaturated/α-hetero) is 2. The maximum absolute atomic E-state index is 14.4. The van der Waals surface area contributed by atoms with Gasteiger partial charge in [0, 0.05) is 18.3 Å². The number of nitrogens with zero attached hydrogens (tertiary/aromatic N) is 1. The summed E-state index contributed by atoms with van der Waals surface area (Å²) in [5, 5.41) is -2.10. The van der Waals surface area contributed by atoms with Crippen molar-refractivity contribution in [2.24, 2.45) is 11.8 Å². The Balaban J connectivity index is 1.28. The average molecular weight is 878 g/mol. The second kappa shape index (κ2) is 21.0. The van der Waals surface area contributed by atoms with E-state index in [1.807, 2.05) is 52.0 Å². The second-order valence-corrected chi connectivity index (χ2v) is 17.5. The van der Waals surface area contributed by atoms with E-state index < -0.39 is 94.6 Å². The Labute approximate surface area is 362 Å². The van der Waals surface area contributed by atoms with E-state index in [1.54, 1.807) is 38.5 Å². The summed E-state index contributed by atoms with van der Waals surface area (Å²) in [6.07, 6.45) is 1.63. The number of hydrogen-bond donors (Lipinski definition) is 1. The molecule has 2 unspecified atom stereocenters. The standard InChI is InChI=1S/C46H55NO14S/c1-7-35(32-22-29(4)44(58-6)39(24-32)57-5)43(51)36-13-8-9-14-37(36)46(53)60-38(19-17-30-16-15-27(2)28(3)21-30)31-11-10-12-34(23-31)59-26-33(48)18-20-42(50)61-47-41(49)25-40(45(47)52)62(54,55)56/h10-12,15-16,21-24,35-38,40H,7-9,13-14,17-20,25-26H2,1-6H3,(H,54,55,56)/t35-,36?,37+,38+,40?/m0/s1. The molecule has 5 atom stereocenters. The van der Waals surface area contributed by atoms with E-state index in [9.17, 15) is 37.2 Å². The number of ketones is 2. The van der Waals surface area contributed by atoms with Crippen LogP contribution in [0.25, 0.3) is 0 Å². The van der Waals surface area contributed by atoms with Crippen molar-refractivity contribution in [3.8, 4) is 17.2 Å². The smallest absolute Gasteiger partial charge is 0.333 e. The molecular weight excluding hydrogens is 823 g/mol. The van der Waals surface area contributed by atoms with Gasteiger partial charge in [-0.3, -0.25) is 28.5 Å². The number of carbonyl (C=O) groups is 6. The normalized spacial score (nSPS) is 18.8. The van der Waals surface area contributed by atoms with Crippen LogP contribution >= 0.6 is 0 Å². The number of aryl methyl sites for hydroxylation is 4. The summed E-state index contributed by atoms with van der Waals surface area (Å²) in [5.74, 6) is -4.90. The summed E-state index contributed by atoms with van der Waals surface area (Å²) >= 11 is 0. The monoisotopic (exact) mass is 877 g/mol. The number of hydrogen-bond acceptors (Lipinski definition) is 13. The molecular formula is C46H55NO14S. The predicted octanol–water partition coefficient (Wildman–Crippen LogP) is 6.62. The zero-order valence-corrected chi connectivity index (χ0v) is 36.8. The van der Waals surface area contributed by atoms with Crippen molar-refractivity contribution >= 4 is 45.4 Å². The fraction of sp³-hybridized carbons (Fsp3) is 0.478. The molecule has 1 heterocycles. The van der Waals surface area contributed by atoms with Crippen LogP contribution in [-0.2, 0) is 54.9 Å². The molecule has 1 aliphatic heterocycles. The van der Waals surface area contributed by atoms with E-state index in [-0.39, 0.29) is 16.6 Å². The topological polar surface area (TPSA) is 206 Å². The van der Waals surface area contributed by atoms with Gasteiger partial charge in [-0.05, 0) is 104 Å². The minimum absolute atomic E-state index is 0.00964. The van der Waals surface area contributed by atoms with Crippen LogP contribution in [0.2, 0.25) is 0 Å². The number of benzene rings is 3. The molecule has 16 heteroatoms. The lowest BCUT2D eigenvalue weighted by Gasteiger charge is -2.33. The van der Waals surface area contributed by atoms with E-state index in [0.29, 0.717) is 49.2 Å². The summed E-state index contributed by atoms with van der Waals surface area (Å²) in [6.45, 7) is 7.47. The molecule has 1 aliphatic carbocycles. The maximum Gasteiger partial charge on any atom is 0.333 e. The fourth-order valence-electron chi connectivity index (χ4n) is 8.11. The van der Waals surface area contributed by atoms with Crippen LogP contribution in [0.4, 0.5) is 0 Å². The Morgan fingerprint density at radius 1 is 0.855 bits per heavy atom. The highest BCUT2D eigenvalue weighted by Gasteiger charge is 2.48. The lowest BCUT2D eigenvalue weighted by atomic mass is 9.72. The van der Waals surface area contributed by atoms with Crippen LogP contribution in [0, 0.1) is 32.6 Å². The van der Waals surface area contributed by atoms with Crippen molar-refractivity contribution in [3.05, 3.63) is 88.0 Å². The van der Waals surface area contributed by atoms with E-state index in [2.05, 4.69) is 6.07 Å². The van der Waals surface area contributed by atoms with Gasteiger partial charge in [0.05, 0.1) is 33.0 Å². The van der Waals surface area contributed by atoms with Gasteiger partial charge in [0.1, 0.15) is 24.2 Å². The van der Waals surface area contributed by atoms with Gasteiger partial charge in [-0.1, -0.05) is 56.2 Å². The van der Waals surface area contributed by atoms with E-state index >= 15 is 0 Å². The molecule has 1 N–H and O–H groups in total. The quantitative estimate of drug-likeness (QED) is 0.0720. The van der Waals surface area contributed by atoms with Crippen molar-refractivity contribution < 1.29 is 65.5 Å². The molecule has 334 valence electrons. The van der Waals surface area contributed by atoms with Crippen LogP contribution in [0.1, 0.15) is 110 Å². The Kier molecular flexibility index (Phi) is 16.0. The number of esters is 1. The Hall–Kier alpha value is -5.61. The number of amides is 2. The zero-order chi connectivity index (χ0) is 45.3. The van der Waals surface area contributed by atoms with Crippen LogP contribution < -0.4 is 14.2 Å². The van der Waals surface area contributed by atoms with Gasteiger partial charge in [-0.15, -0.1) is 5.06 Å². The largest absolute Gasteiger partial charge is 0.493 e. The SMILES string of the molecule is CC[C@H](C(=O)C1CCCC[C@H]1C(=O)O[C@H](CCc1ccc(C)c(C)c1)c1cccc(OCC(=O)CCC(=O)ON2C(=O)CC(S(=O)(=O)O)C2=O)c1)c1cc(C)c(OC)c(OC)c1. The molecule has 1 saturated heterocycles. The number of ether oxygens (including phenoxy) is 4. The number of hydroxylamine groups is 2. The molecule has 0 aromatic heterocycles. The van der Waals surface area contributed by atoms with Crippen molar-refractivity contribution in [3.63, 3.8) is 0 Å². The van der Waals surface area contributed by atoms with Gasteiger partial charge < -0.3 is 23.8 Å². The maximum atomic E-state index is 14.4. The molecule has 0 spiro atoms. The third-order valence-corrected chi connectivity index (χ3v) is 12.7. The molecule has 3 aromatic rings. The van der Waals surface area contributed by atoms with Gasteiger partial charge in [-0.2, -0.15) is 8.42 Å². The van der Waals surface area contributed by atoms with E-state index in [4.69, 9.17) is 28.3 Å². The summed E-state index contributed by atoms with van der Waals surface area (Å²) in [6, 6.07) is 16.8. The third-order valence-electron chi connectivity index (χ3n) is 11.7. The van der Waals surface area contributed by atoms with Gasteiger partial charge in [0.2, 0.25) is 0 Å². The highest BCUT2D eigenvalue weighted by atomic mass is 32.2. The highest BCUT2D eigenvalue weighted by molar-refractivity contribution is 7.87. The first-order valence-electron chi connectivity index (χ1n) is 20.8. The van der Waals surface area contributed by atoms with Gasteiger partial charge in [0.15, 0.2) is 22.5 Å². The molecule has 2 fully saturated rings. The zero-order valence-electron chi connectivity index (χ0n) is 36.0. The van der Waals surface area contributed by atoms with Crippen LogP contribution in [0.5, 0.6) is 17.2 Å². The second-order valence-electron chi connectivity index (χ2n) is 15.9. The lowest BCUT2D eigenvalue weighted by molar-refractivity contribution is -0.197. The molecule has 2 amide bonds. The summed E-state index contributed by atoms with van der Waals surface area (Å²) in [7, 11) is -1.77. The van der Waals surface area contributed by atoms with Crippen LogP contribution in [-0.4, -0.2) is 79.4 Å². The molecule has 3 aromatic carbocycles. The van der Waals surface area contributed by atoms with E-state index in [1.165, 1.54) is 0 Å². The highest BCUT2D eigenvalue weighted by Crippen LogP contribution is 2.41. The molecule has 2 aliphatic rings. The summed E-state index contributed by atoms with van der Waals surface area (Å²) in [5.41, 5.74) is 5.60. The first-order chi connectivity index (χ1) is 29.4. The van der Waals surface area contributed by atoms with Crippen molar-refractivity contribution in [2.45, 2.75) is 109 Å². The van der Waals surface area contributed by atoms with Crippen LogP contribution in [0.15, 0.2) is 54.6 Å². The molecule has 15 nitrogen and oxygen atoms in total. The Bertz CT molecular complexity index is 2290. The van der Waals surface area contributed by atoms with Crippen LogP contribution in [0.3, 0.4) is 0 Å². The molecule has 0 radical (unpaired) electrons. The molecule has 5 rings (SSSR count). The molecule has 62 heavy (non-hydrogen) atoms. The van der Waals surface area contributed by atoms with Gasteiger partial charge in [0.25, 0.3) is 21.9 Å².